The molecule has 6 heteroatoms. The van der Waals surface area contributed by atoms with Gasteiger partial charge in [0.05, 0.1) is 19.6 Å². The largest absolute Gasteiger partial charge is 0.497 e. The molecule has 6 nitrogen and oxygen atoms in total. The van der Waals surface area contributed by atoms with Gasteiger partial charge in [0.15, 0.2) is 0 Å². The number of hydrogen-bond acceptors (Lipinski definition) is 4. The summed E-state index contributed by atoms with van der Waals surface area (Å²) < 4.78 is 5.14. The maximum absolute atomic E-state index is 12.6. The van der Waals surface area contributed by atoms with Gasteiger partial charge in [0, 0.05) is 26.1 Å². The molecule has 0 saturated carbocycles. The van der Waals surface area contributed by atoms with Crippen LogP contribution in [0.4, 0.5) is 0 Å². The second kappa shape index (κ2) is 7.97. The molecule has 126 valence electrons. The fourth-order valence-corrected chi connectivity index (χ4v) is 3.03. The molecule has 2 atom stereocenters. The van der Waals surface area contributed by atoms with E-state index in [0.717, 1.165) is 30.7 Å². The molecule has 0 bridgehead atoms. The Morgan fingerprint density at radius 2 is 2.09 bits per heavy atom. The minimum atomic E-state index is -0.343. The van der Waals surface area contributed by atoms with Gasteiger partial charge < -0.3 is 20.7 Å². The first-order valence-electron chi connectivity index (χ1n) is 7.95. The number of carbonyl (C=O) groups is 2. The molecule has 0 aromatic heterocycles. The quantitative estimate of drug-likeness (QED) is 0.825. The highest BCUT2D eigenvalue weighted by Gasteiger charge is 2.29. The third-order valence-electron chi connectivity index (χ3n) is 4.24. The molecule has 1 fully saturated rings. The van der Waals surface area contributed by atoms with Gasteiger partial charge in [0.1, 0.15) is 5.75 Å². The number of benzene rings is 1. The maximum Gasteiger partial charge on any atom is 0.225 e. The molecule has 23 heavy (non-hydrogen) atoms. The summed E-state index contributed by atoms with van der Waals surface area (Å²) >= 11 is 0. The number of methoxy groups -OCH3 is 1. The van der Waals surface area contributed by atoms with Gasteiger partial charge in [-0.3, -0.25) is 9.59 Å². The average molecular weight is 319 g/mol. The number of nitrogens with one attached hydrogen (secondary N) is 1. The summed E-state index contributed by atoms with van der Waals surface area (Å²) in [5.41, 5.74) is 6.63. The average Bonchev–Trinajstić information content (AvgIpc) is 3.02. The number of likely N-dealkylation sites (tertiary alicyclic amines) is 1. The zero-order valence-electron chi connectivity index (χ0n) is 13.7. The molecule has 0 spiro atoms. The Balaban J connectivity index is 2.11. The van der Waals surface area contributed by atoms with Crippen molar-refractivity contribution >= 4 is 11.8 Å². The van der Waals surface area contributed by atoms with Gasteiger partial charge in [-0.05, 0) is 30.5 Å². The fraction of sp³-hybridized carbons (Fsp3) is 0.529. The zero-order valence-corrected chi connectivity index (χ0v) is 13.7. The smallest absolute Gasteiger partial charge is 0.225 e. The van der Waals surface area contributed by atoms with Crippen molar-refractivity contribution in [1.82, 2.24) is 10.2 Å². The van der Waals surface area contributed by atoms with Crippen LogP contribution in [0.5, 0.6) is 5.75 Å². The van der Waals surface area contributed by atoms with Gasteiger partial charge in [-0.2, -0.15) is 0 Å². The monoisotopic (exact) mass is 319 g/mol. The summed E-state index contributed by atoms with van der Waals surface area (Å²) in [7, 11) is 1.60. The van der Waals surface area contributed by atoms with Crippen LogP contribution >= 0.6 is 0 Å². The van der Waals surface area contributed by atoms with Gasteiger partial charge in [0.25, 0.3) is 0 Å². The molecule has 1 heterocycles. The number of nitrogens with zero attached hydrogens (tertiary/aromatic N) is 1. The molecule has 1 aromatic rings. The highest BCUT2D eigenvalue weighted by molar-refractivity contribution is 5.79. The van der Waals surface area contributed by atoms with Crippen molar-refractivity contribution in [2.75, 3.05) is 20.2 Å². The summed E-state index contributed by atoms with van der Waals surface area (Å²) in [5.74, 6) is 0.618. The van der Waals surface area contributed by atoms with E-state index in [4.69, 9.17) is 10.5 Å². The number of nitrogens with two attached hydrogens (primary N) is 1. The molecular formula is C17H25N3O3. The number of ether oxygens (including phenoxy) is 1. The molecule has 1 aliphatic rings. The van der Waals surface area contributed by atoms with Crippen molar-refractivity contribution in [3.05, 3.63) is 29.8 Å². The van der Waals surface area contributed by atoms with Crippen LogP contribution in [0.25, 0.3) is 0 Å². The second-order valence-corrected chi connectivity index (χ2v) is 5.85. The lowest BCUT2D eigenvalue weighted by molar-refractivity contribution is -0.132. The molecule has 1 aromatic carbocycles. The Morgan fingerprint density at radius 3 is 2.65 bits per heavy atom. The van der Waals surface area contributed by atoms with Crippen LogP contribution in [0.3, 0.4) is 0 Å². The summed E-state index contributed by atoms with van der Waals surface area (Å²) in [5, 5.41) is 2.86. The number of rotatable bonds is 6. The highest BCUT2D eigenvalue weighted by Crippen LogP contribution is 2.24. The van der Waals surface area contributed by atoms with Crippen molar-refractivity contribution in [2.24, 2.45) is 5.73 Å². The predicted molar refractivity (Wildman–Crippen MR) is 88.0 cm³/mol. The van der Waals surface area contributed by atoms with Gasteiger partial charge in [0.2, 0.25) is 11.8 Å². The van der Waals surface area contributed by atoms with Gasteiger partial charge in [-0.25, -0.2) is 0 Å². The first-order chi connectivity index (χ1) is 11.0. The summed E-state index contributed by atoms with van der Waals surface area (Å²) in [6, 6.07) is 7.18. The van der Waals surface area contributed by atoms with Crippen LogP contribution in [0.15, 0.2) is 24.3 Å². The van der Waals surface area contributed by atoms with E-state index in [-0.39, 0.29) is 30.3 Å². The Hall–Kier alpha value is -2.08. The Labute approximate surface area is 137 Å². The van der Waals surface area contributed by atoms with Crippen molar-refractivity contribution in [3.63, 3.8) is 0 Å². The van der Waals surface area contributed by atoms with Crippen molar-refractivity contribution in [3.8, 4) is 5.75 Å². The van der Waals surface area contributed by atoms with E-state index in [1.165, 1.54) is 6.92 Å². The molecule has 1 aliphatic heterocycles. The topological polar surface area (TPSA) is 84.7 Å². The zero-order chi connectivity index (χ0) is 16.8. The Kier molecular flexibility index (Phi) is 5.98. The van der Waals surface area contributed by atoms with E-state index >= 15 is 0 Å². The van der Waals surface area contributed by atoms with Crippen LogP contribution in [-0.2, 0) is 9.59 Å². The number of amides is 2. The van der Waals surface area contributed by atoms with Crippen molar-refractivity contribution in [2.45, 2.75) is 38.3 Å². The predicted octanol–water partition coefficient (Wildman–Crippen LogP) is 1.21. The maximum atomic E-state index is 12.6. The summed E-state index contributed by atoms with van der Waals surface area (Å²) in [4.78, 5) is 25.9. The normalized spacial score (nSPS) is 18.6. The van der Waals surface area contributed by atoms with Crippen molar-refractivity contribution < 1.29 is 14.3 Å². The van der Waals surface area contributed by atoms with Gasteiger partial charge >= 0.3 is 0 Å². The first-order valence-corrected chi connectivity index (χ1v) is 7.95. The van der Waals surface area contributed by atoms with Crippen LogP contribution in [0.2, 0.25) is 0 Å². The van der Waals surface area contributed by atoms with E-state index in [1.807, 2.05) is 29.2 Å². The highest BCUT2D eigenvalue weighted by atomic mass is 16.5. The first kappa shape index (κ1) is 17.3. The number of hydrogen-bond donors (Lipinski definition) is 2. The summed E-state index contributed by atoms with van der Waals surface area (Å²) in [6.07, 6.45) is 2.18. The minimum absolute atomic E-state index is 0.0347. The van der Waals surface area contributed by atoms with Crippen LogP contribution in [0, 0.1) is 0 Å². The van der Waals surface area contributed by atoms with E-state index in [0.29, 0.717) is 6.54 Å². The molecule has 2 amide bonds. The molecule has 2 rings (SSSR count). The van der Waals surface area contributed by atoms with Gasteiger partial charge in [-0.15, -0.1) is 0 Å². The molecular weight excluding hydrogens is 294 g/mol. The van der Waals surface area contributed by atoms with Crippen molar-refractivity contribution in [1.29, 1.82) is 0 Å². The van der Waals surface area contributed by atoms with Crippen LogP contribution < -0.4 is 15.8 Å². The lowest BCUT2D eigenvalue weighted by atomic mass is 10.0. The minimum Gasteiger partial charge on any atom is -0.497 e. The third kappa shape index (κ3) is 4.45. The Morgan fingerprint density at radius 1 is 1.39 bits per heavy atom. The fourth-order valence-electron chi connectivity index (χ4n) is 3.03. The van der Waals surface area contributed by atoms with Crippen LogP contribution in [0.1, 0.15) is 37.8 Å². The third-order valence-corrected chi connectivity index (χ3v) is 4.24. The molecule has 0 radical (unpaired) electrons. The standard InChI is InChI=1S/C17H25N3O3/c1-12(21)19-16(13-5-7-15(23-2)8-6-13)10-17(22)20-9-3-4-14(20)11-18/h5-8,14,16H,3-4,9-11,18H2,1-2H3,(H,19,21)/t14-,16+/m1/s1. The SMILES string of the molecule is COc1ccc([C@H](CC(=O)N2CCC[C@@H]2CN)NC(C)=O)cc1. The van der Waals surface area contributed by atoms with E-state index in [9.17, 15) is 9.59 Å². The van der Waals surface area contributed by atoms with E-state index in [2.05, 4.69) is 5.32 Å². The van der Waals surface area contributed by atoms with E-state index in [1.54, 1.807) is 7.11 Å². The lowest BCUT2D eigenvalue weighted by Gasteiger charge is -2.26. The Bertz CT molecular complexity index is 545. The van der Waals surface area contributed by atoms with E-state index < -0.39 is 0 Å². The molecule has 0 aliphatic carbocycles. The van der Waals surface area contributed by atoms with Crippen LogP contribution in [-0.4, -0.2) is 43.0 Å². The molecule has 0 unspecified atom stereocenters. The van der Waals surface area contributed by atoms with Gasteiger partial charge in [-0.1, -0.05) is 12.1 Å². The lowest BCUT2D eigenvalue weighted by Crippen LogP contribution is -2.41. The second-order valence-electron chi connectivity index (χ2n) is 5.85. The molecule has 3 N–H and O–H groups in total. The summed E-state index contributed by atoms with van der Waals surface area (Å²) in [6.45, 7) is 2.69. The number of carbonyl (C=O) groups excluding carboxylic acids is 2. The molecule has 1 saturated heterocycles.